The average Bonchev–Trinajstić information content (AvgIpc) is 2.49. The van der Waals surface area contributed by atoms with E-state index in [0.29, 0.717) is 6.10 Å². The molecule has 0 unspecified atom stereocenters. The van der Waals surface area contributed by atoms with Crippen LogP contribution in [0.2, 0.25) is 0 Å². The van der Waals surface area contributed by atoms with E-state index >= 15 is 0 Å². The fraction of sp³-hybridized carbons (Fsp3) is 0.895. The average molecular weight is 278 g/mol. The molecule has 0 bridgehead atoms. The Labute approximate surface area is 126 Å². The summed E-state index contributed by atoms with van der Waals surface area (Å²) in [4.78, 5) is 0. The fourth-order valence-electron chi connectivity index (χ4n) is 4.37. The minimum absolute atomic E-state index is 0.541. The van der Waals surface area contributed by atoms with Gasteiger partial charge >= 0.3 is 0 Å². The minimum Gasteiger partial charge on any atom is -0.374 e. The summed E-state index contributed by atoms with van der Waals surface area (Å²) in [7, 11) is 0. The Balaban J connectivity index is 1.64. The summed E-state index contributed by atoms with van der Waals surface area (Å²) in [6.45, 7) is 5.21. The summed E-state index contributed by atoms with van der Waals surface area (Å²) in [5.41, 5.74) is 0. The van der Waals surface area contributed by atoms with Crippen LogP contribution in [-0.4, -0.2) is 12.7 Å². The van der Waals surface area contributed by atoms with Gasteiger partial charge in [0, 0.05) is 0 Å². The van der Waals surface area contributed by atoms with E-state index in [1.54, 1.807) is 0 Å². The molecular weight excluding hydrogens is 244 g/mol. The van der Waals surface area contributed by atoms with Crippen molar-refractivity contribution in [1.29, 1.82) is 0 Å². The first-order chi connectivity index (χ1) is 9.83. The number of rotatable bonds is 6. The summed E-state index contributed by atoms with van der Waals surface area (Å²) < 4.78 is 5.92. The lowest BCUT2D eigenvalue weighted by atomic mass is 9.70. The van der Waals surface area contributed by atoms with E-state index in [9.17, 15) is 0 Å². The largest absolute Gasteiger partial charge is 0.374 e. The second-order valence-corrected chi connectivity index (χ2v) is 7.01. The molecule has 20 heavy (non-hydrogen) atoms. The molecule has 0 N–H and O–H groups in total. The van der Waals surface area contributed by atoms with Gasteiger partial charge < -0.3 is 4.74 Å². The van der Waals surface area contributed by atoms with Gasteiger partial charge in [-0.3, -0.25) is 0 Å². The Bertz CT molecular complexity index is 267. The van der Waals surface area contributed by atoms with Crippen LogP contribution in [0.3, 0.4) is 0 Å². The monoisotopic (exact) mass is 278 g/mol. The number of hydrogen-bond acceptors (Lipinski definition) is 1. The highest BCUT2D eigenvalue weighted by Crippen LogP contribution is 2.41. The molecule has 2 aliphatic carbocycles. The highest BCUT2D eigenvalue weighted by molar-refractivity contribution is 4.83. The van der Waals surface area contributed by atoms with Crippen LogP contribution in [0.15, 0.2) is 12.2 Å². The SMILES string of the molecule is CC=CCOC1CCC(C2CCC(CCC)CC2)CC1. The molecule has 0 saturated heterocycles. The van der Waals surface area contributed by atoms with Crippen LogP contribution in [0.4, 0.5) is 0 Å². The molecule has 2 fully saturated rings. The van der Waals surface area contributed by atoms with Crippen molar-refractivity contribution in [2.24, 2.45) is 17.8 Å². The first kappa shape index (κ1) is 16.1. The highest BCUT2D eigenvalue weighted by Gasteiger charge is 2.30. The molecule has 0 radical (unpaired) electrons. The fourth-order valence-corrected chi connectivity index (χ4v) is 4.37. The normalized spacial score (nSPS) is 35.5. The zero-order chi connectivity index (χ0) is 14.2. The number of hydrogen-bond donors (Lipinski definition) is 0. The topological polar surface area (TPSA) is 9.23 Å². The Morgan fingerprint density at radius 2 is 1.50 bits per heavy atom. The predicted octanol–water partition coefficient (Wildman–Crippen LogP) is 5.74. The molecule has 2 aliphatic rings. The van der Waals surface area contributed by atoms with E-state index in [1.807, 2.05) is 0 Å². The third-order valence-corrected chi connectivity index (χ3v) is 5.64. The smallest absolute Gasteiger partial charge is 0.0651 e. The van der Waals surface area contributed by atoms with Crippen molar-refractivity contribution < 1.29 is 4.74 Å². The summed E-state index contributed by atoms with van der Waals surface area (Å²) in [5.74, 6) is 3.11. The summed E-state index contributed by atoms with van der Waals surface area (Å²) in [6.07, 6.45) is 19.1. The van der Waals surface area contributed by atoms with Crippen LogP contribution in [-0.2, 0) is 4.74 Å². The van der Waals surface area contributed by atoms with E-state index in [0.717, 1.165) is 24.4 Å². The van der Waals surface area contributed by atoms with Gasteiger partial charge in [-0.25, -0.2) is 0 Å². The third kappa shape index (κ3) is 4.91. The van der Waals surface area contributed by atoms with Crippen LogP contribution in [0.25, 0.3) is 0 Å². The standard InChI is InChI=1S/C19H34O/c1-3-5-15-20-19-13-11-18(12-14-19)17-9-7-16(6-4-2)8-10-17/h3,5,16-19H,4,6-15H2,1-2H3. The Morgan fingerprint density at radius 1 is 0.900 bits per heavy atom. The van der Waals surface area contributed by atoms with Crippen LogP contribution in [0.1, 0.15) is 78.1 Å². The van der Waals surface area contributed by atoms with Gasteiger partial charge in [0.15, 0.2) is 0 Å². The van der Waals surface area contributed by atoms with Crippen LogP contribution in [0.5, 0.6) is 0 Å². The Morgan fingerprint density at radius 3 is 2.05 bits per heavy atom. The maximum absolute atomic E-state index is 5.92. The van der Waals surface area contributed by atoms with E-state index in [-0.39, 0.29) is 0 Å². The third-order valence-electron chi connectivity index (χ3n) is 5.64. The second-order valence-electron chi connectivity index (χ2n) is 7.01. The molecular formula is C19H34O. The molecule has 0 aromatic carbocycles. The highest BCUT2D eigenvalue weighted by atomic mass is 16.5. The van der Waals surface area contributed by atoms with Crippen molar-refractivity contribution in [2.75, 3.05) is 6.61 Å². The maximum Gasteiger partial charge on any atom is 0.0651 e. The van der Waals surface area contributed by atoms with E-state index < -0.39 is 0 Å². The molecule has 0 heterocycles. The van der Waals surface area contributed by atoms with Gasteiger partial charge in [0.2, 0.25) is 0 Å². The molecule has 0 aromatic rings. The van der Waals surface area contributed by atoms with Crippen LogP contribution < -0.4 is 0 Å². The Hall–Kier alpha value is -0.300. The molecule has 0 atom stereocenters. The lowest BCUT2D eigenvalue weighted by Gasteiger charge is -2.37. The molecule has 0 amide bonds. The summed E-state index contributed by atoms with van der Waals surface area (Å²) >= 11 is 0. The van der Waals surface area contributed by atoms with Gasteiger partial charge in [-0.05, 0) is 63.2 Å². The molecule has 2 rings (SSSR count). The number of ether oxygens (including phenoxy) is 1. The molecule has 0 spiro atoms. The number of allylic oxidation sites excluding steroid dienone is 1. The van der Waals surface area contributed by atoms with E-state index in [2.05, 4.69) is 26.0 Å². The van der Waals surface area contributed by atoms with Crippen molar-refractivity contribution in [1.82, 2.24) is 0 Å². The molecule has 1 heteroatoms. The van der Waals surface area contributed by atoms with Gasteiger partial charge in [-0.2, -0.15) is 0 Å². The van der Waals surface area contributed by atoms with Gasteiger partial charge in [0.25, 0.3) is 0 Å². The first-order valence-electron chi connectivity index (χ1n) is 9.06. The molecule has 1 nitrogen and oxygen atoms in total. The zero-order valence-electron chi connectivity index (χ0n) is 13.7. The lowest BCUT2D eigenvalue weighted by molar-refractivity contribution is 0.0210. The zero-order valence-corrected chi connectivity index (χ0v) is 13.7. The molecule has 0 aliphatic heterocycles. The van der Waals surface area contributed by atoms with Crippen molar-refractivity contribution in [2.45, 2.75) is 84.2 Å². The predicted molar refractivity (Wildman–Crippen MR) is 86.9 cm³/mol. The quantitative estimate of drug-likeness (QED) is 0.562. The maximum atomic E-state index is 5.92. The van der Waals surface area contributed by atoms with Crippen molar-refractivity contribution >= 4 is 0 Å². The van der Waals surface area contributed by atoms with Crippen molar-refractivity contribution in [3.05, 3.63) is 12.2 Å². The molecule has 2 saturated carbocycles. The lowest BCUT2D eigenvalue weighted by Crippen LogP contribution is -2.28. The minimum atomic E-state index is 0.541. The van der Waals surface area contributed by atoms with Crippen LogP contribution >= 0.6 is 0 Å². The van der Waals surface area contributed by atoms with Crippen molar-refractivity contribution in [3.8, 4) is 0 Å². The van der Waals surface area contributed by atoms with E-state index in [1.165, 1.54) is 64.2 Å². The summed E-state index contributed by atoms with van der Waals surface area (Å²) in [5, 5.41) is 0. The van der Waals surface area contributed by atoms with Gasteiger partial charge in [0.05, 0.1) is 12.7 Å². The first-order valence-corrected chi connectivity index (χ1v) is 9.06. The van der Waals surface area contributed by atoms with Crippen molar-refractivity contribution in [3.63, 3.8) is 0 Å². The Kier molecular flexibility index (Phi) is 7.13. The molecule has 116 valence electrons. The van der Waals surface area contributed by atoms with E-state index in [4.69, 9.17) is 4.74 Å². The van der Waals surface area contributed by atoms with Crippen LogP contribution in [0, 0.1) is 17.8 Å². The van der Waals surface area contributed by atoms with Gasteiger partial charge in [0.1, 0.15) is 0 Å². The summed E-state index contributed by atoms with van der Waals surface area (Å²) in [6, 6.07) is 0. The van der Waals surface area contributed by atoms with Gasteiger partial charge in [-0.1, -0.05) is 44.8 Å². The van der Waals surface area contributed by atoms with Gasteiger partial charge in [-0.15, -0.1) is 0 Å². The second kappa shape index (κ2) is 8.87. The molecule has 0 aromatic heterocycles.